The van der Waals surface area contributed by atoms with Gasteiger partial charge in [0.1, 0.15) is 0 Å². The predicted molar refractivity (Wildman–Crippen MR) is 60.4 cm³/mol. The molecule has 1 N–H and O–H groups in total. The van der Waals surface area contributed by atoms with Crippen molar-refractivity contribution in [3.63, 3.8) is 0 Å². The quantitative estimate of drug-likeness (QED) is 0.521. The van der Waals surface area contributed by atoms with Crippen LogP contribution < -0.4 is 5.32 Å². The molecule has 1 heterocycles. The average Bonchev–Trinajstić information content (AvgIpc) is 2.25. The highest BCUT2D eigenvalue weighted by Gasteiger charge is 2.19. The van der Waals surface area contributed by atoms with Crippen LogP contribution in [0.15, 0.2) is 12.7 Å². The van der Waals surface area contributed by atoms with Gasteiger partial charge in [-0.25, -0.2) is 0 Å². The Bertz CT molecular complexity index is 152. The Kier molecular flexibility index (Phi) is 5.88. The first-order valence-corrected chi connectivity index (χ1v) is 5.76. The molecule has 0 aromatic rings. The van der Waals surface area contributed by atoms with Gasteiger partial charge in [0.2, 0.25) is 0 Å². The Morgan fingerprint density at radius 3 is 2.86 bits per heavy atom. The van der Waals surface area contributed by atoms with Crippen molar-refractivity contribution in [2.75, 3.05) is 19.8 Å². The van der Waals surface area contributed by atoms with E-state index in [1.54, 1.807) is 0 Å². The number of rotatable bonds is 6. The molecule has 2 heteroatoms. The fourth-order valence-electron chi connectivity index (χ4n) is 1.96. The van der Waals surface area contributed by atoms with E-state index in [0.29, 0.717) is 6.04 Å². The van der Waals surface area contributed by atoms with Gasteiger partial charge in [0.25, 0.3) is 0 Å². The second kappa shape index (κ2) is 7.02. The van der Waals surface area contributed by atoms with Gasteiger partial charge in [0, 0.05) is 19.3 Å². The van der Waals surface area contributed by atoms with Gasteiger partial charge in [-0.2, -0.15) is 0 Å². The molecule has 14 heavy (non-hydrogen) atoms. The maximum atomic E-state index is 5.35. The Morgan fingerprint density at radius 2 is 2.21 bits per heavy atom. The molecule has 0 amide bonds. The van der Waals surface area contributed by atoms with Gasteiger partial charge in [-0.3, -0.25) is 0 Å². The third kappa shape index (κ3) is 4.25. The van der Waals surface area contributed by atoms with Crippen LogP contribution in [0.25, 0.3) is 0 Å². The van der Waals surface area contributed by atoms with E-state index in [4.69, 9.17) is 4.74 Å². The first kappa shape index (κ1) is 11.7. The van der Waals surface area contributed by atoms with Crippen LogP contribution in [-0.4, -0.2) is 25.8 Å². The van der Waals surface area contributed by atoms with Gasteiger partial charge in [0.15, 0.2) is 0 Å². The van der Waals surface area contributed by atoms with Gasteiger partial charge in [-0.1, -0.05) is 6.08 Å². The van der Waals surface area contributed by atoms with E-state index >= 15 is 0 Å². The summed E-state index contributed by atoms with van der Waals surface area (Å²) in [5.74, 6) is 0.812. The van der Waals surface area contributed by atoms with Gasteiger partial charge in [0.05, 0.1) is 0 Å². The summed E-state index contributed by atoms with van der Waals surface area (Å²) in [6, 6.07) is 0.642. The van der Waals surface area contributed by atoms with Crippen LogP contribution in [0.4, 0.5) is 0 Å². The van der Waals surface area contributed by atoms with Gasteiger partial charge < -0.3 is 10.1 Å². The summed E-state index contributed by atoms with van der Waals surface area (Å²) in [5.41, 5.74) is 0. The first-order chi connectivity index (χ1) is 6.84. The number of nitrogens with one attached hydrogen (secondary N) is 1. The van der Waals surface area contributed by atoms with E-state index < -0.39 is 0 Å². The molecule has 1 rings (SSSR count). The molecule has 1 atom stereocenters. The van der Waals surface area contributed by atoms with Crippen LogP contribution in [0.1, 0.15) is 32.6 Å². The van der Waals surface area contributed by atoms with E-state index in [2.05, 4.69) is 18.8 Å². The normalized spacial score (nSPS) is 20.6. The van der Waals surface area contributed by atoms with Crippen molar-refractivity contribution in [2.45, 2.75) is 38.6 Å². The number of hydrogen-bond donors (Lipinski definition) is 1. The summed E-state index contributed by atoms with van der Waals surface area (Å²) in [4.78, 5) is 0. The van der Waals surface area contributed by atoms with Crippen molar-refractivity contribution in [2.24, 2.45) is 5.92 Å². The van der Waals surface area contributed by atoms with Gasteiger partial charge in [-0.05, 0) is 45.1 Å². The molecule has 0 radical (unpaired) electrons. The molecule has 0 saturated carbocycles. The number of allylic oxidation sites excluding steroid dienone is 1. The molecule has 0 bridgehead atoms. The lowest BCUT2D eigenvalue weighted by Gasteiger charge is -2.28. The number of hydrogen-bond acceptors (Lipinski definition) is 2. The zero-order valence-corrected chi connectivity index (χ0v) is 9.30. The molecule has 1 unspecified atom stereocenters. The first-order valence-electron chi connectivity index (χ1n) is 5.76. The number of unbranched alkanes of at least 4 members (excludes halogenated alkanes) is 1. The Hall–Kier alpha value is -0.340. The smallest absolute Gasteiger partial charge is 0.0469 e. The van der Waals surface area contributed by atoms with Crippen molar-refractivity contribution >= 4 is 0 Å². The van der Waals surface area contributed by atoms with Gasteiger partial charge >= 0.3 is 0 Å². The van der Waals surface area contributed by atoms with Crippen molar-refractivity contribution in [3.8, 4) is 0 Å². The summed E-state index contributed by atoms with van der Waals surface area (Å²) < 4.78 is 5.35. The van der Waals surface area contributed by atoms with E-state index in [9.17, 15) is 0 Å². The van der Waals surface area contributed by atoms with E-state index in [-0.39, 0.29) is 0 Å². The molecular weight excluding hydrogens is 174 g/mol. The molecule has 82 valence electrons. The minimum atomic E-state index is 0.642. The third-order valence-electron chi connectivity index (χ3n) is 3.02. The lowest BCUT2D eigenvalue weighted by molar-refractivity contribution is 0.0560. The van der Waals surface area contributed by atoms with Crippen molar-refractivity contribution < 1.29 is 4.74 Å². The van der Waals surface area contributed by atoms with Gasteiger partial charge in [-0.15, -0.1) is 6.58 Å². The predicted octanol–water partition coefficient (Wildman–Crippen LogP) is 2.36. The van der Waals surface area contributed by atoms with Crippen LogP contribution in [0, 0.1) is 5.92 Å². The maximum absolute atomic E-state index is 5.35. The third-order valence-corrected chi connectivity index (χ3v) is 3.02. The van der Waals surface area contributed by atoms with Crippen LogP contribution >= 0.6 is 0 Å². The van der Waals surface area contributed by atoms with Crippen molar-refractivity contribution in [1.29, 1.82) is 0 Å². The summed E-state index contributed by atoms with van der Waals surface area (Å²) in [6.45, 7) is 9.03. The standard InChI is InChI=1S/C12H23NO/c1-3-4-5-8-13-11(2)12-6-9-14-10-7-12/h3,11-13H,1,4-10H2,2H3. The topological polar surface area (TPSA) is 21.3 Å². The highest BCUT2D eigenvalue weighted by atomic mass is 16.5. The molecule has 1 fully saturated rings. The molecule has 0 aromatic carbocycles. The van der Waals surface area contributed by atoms with Crippen molar-refractivity contribution in [1.82, 2.24) is 5.32 Å². The Balaban J connectivity index is 2.06. The summed E-state index contributed by atoms with van der Waals surface area (Å²) >= 11 is 0. The lowest BCUT2D eigenvalue weighted by Crippen LogP contribution is -2.37. The SMILES string of the molecule is C=CCCCNC(C)C1CCOCC1. The highest BCUT2D eigenvalue weighted by molar-refractivity contribution is 4.75. The second-order valence-electron chi connectivity index (χ2n) is 4.12. The summed E-state index contributed by atoms with van der Waals surface area (Å²) in [7, 11) is 0. The molecular formula is C12H23NO. The fourth-order valence-corrected chi connectivity index (χ4v) is 1.96. The zero-order chi connectivity index (χ0) is 10.2. The largest absolute Gasteiger partial charge is 0.381 e. The highest BCUT2D eigenvalue weighted by Crippen LogP contribution is 2.18. The van der Waals surface area contributed by atoms with Crippen LogP contribution in [0.2, 0.25) is 0 Å². The van der Waals surface area contributed by atoms with Crippen molar-refractivity contribution in [3.05, 3.63) is 12.7 Å². The molecule has 0 spiro atoms. The monoisotopic (exact) mass is 197 g/mol. The Labute approximate surface area is 87.7 Å². The van der Waals surface area contributed by atoms with Crippen LogP contribution in [-0.2, 0) is 4.74 Å². The molecule has 0 aromatic heterocycles. The molecule has 2 nitrogen and oxygen atoms in total. The number of ether oxygens (including phenoxy) is 1. The molecule has 0 aliphatic carbocycles. The van der Waals surface area contributed by atoms with Crippen LogP contribution in [0.5, 0.6) is 0 Å². The van der Waals surface area contributed by atoms with E-state index in [0.717, 1.165) is 32.1 Å². The second-order valence-corrected chi connectivity index (χ2v) is 4.12. The summed E-state index contributed by atoms with van der Waals surface area (Å²) in [6.07, 6.45) is 6.75. The van der Waals surface area contributed by atoms with E-state index in [1.165, 1.54) is 19.3 Å². The molecule has 1 aliphatic heterocycles. The Morgan fingerprint density at radius 1 is 1.50 bits per heavy atom. The minimum Gasteiger partial charge on any atom is -0.381 e. The molecule has 1 saturated heterocycles. The zero-order valence-electron chi connectivity index (χ0n) is 9.30. The minimum absolute atomic E-state index is 0.642. The van der Waals surface area contributed by atoms with E-state index in [1.807, 2.05) is 6.08 Å². The lowest BCUT2D eigenvalue weighted by atomic mass is 9.93. The average molecular weight is 197 g/mol. The fraction of sp³-hybridized carbons (Fsp3) is 0.833. The van der Waals surface area contributed by atoms with Crippen LogP contribution in [0.3, 0.4) is 0 Å². The maximum Gasteiger partial charge on any atom is 0.0469 e. The summed E-state index contributed by atoms with van der Waals surface area (Å²) in [5, 5.41) is 3.58. The molecule has 1 aliphatic rings.